The van der Waals surface area contributed by atoms with E-state index in [4.69, 9.17) is 5.73 Å². The molecule has 1 aliphatic rings. The Morgan fingerprint density at radius 3 is 2.70 bits per heavy atom. The van der Waals surface area contributed by atoms with E-state index in [1.165, 1.54) is 0 Å². The molecule has 0 radical (unpaired) electrons. The molecule has 1 aliphatic heterocycles. The summed E-state index contributed by atoms with van der Waals surface area (Å²) < 4.78 is 1.60. The number of hydrogen-bond acceptors (Lipinski definition) is 5. The van der Waals surface area contributed by atoms with Crippen LogP contribution in [0.15, 0.2) is 24.3 Å². The summed E-state index contributed by atoms with van der Waals surface area (Å²) in [6, 6.07) is 7.67. The number of carbonyl (C=O) groups is 2. The number of piperidine rings is 1. The number of likely N-dealkylation sites (tertiary alicyclic amines) is 1. The van der Waals surface area contributed by atoms with Gasteiger partial charge in [-0.3, -0.25) is 14.5 Å². The Balaban J connectivity index is 1.51. The minimum absolute atomic E-state index is 0.0750. The van der Waals surface area contributed by atoms with Crippen molar-refractivity contribution >= 4 is 22.8 Å². The normalized spacial score (nSPS) is 16.5. The van der Waals surface area contributed by atoms with Crippen LogP contribution in [0.3, 0.4) is 0 Å². The fraction of sp³-hybridized carbons (Fsp3) is 0.467. The predicted octanol–water partition coefficient (Wildman–Crippen LogP) is -0.503. The van der Waals surface area contributed by atoms with Gasteiger partial charge in [0.25, 0.3) is 0 Å². The molecule has 122 valence electrons. The Kier molecular flexibility index (Phi) is 4.52. The lowest BCUT2D eigenvalue weighted by atomic mass is 10.1. The number of nitrogens with zero attached hydrogens (tertiary/aromatic N) is 4. The van der Waals surface area contributed by atoms with Crippen molar-refractivity contribution in [1.29, 1.82) is 0 Å². The number of hydrogen-bond donors (Lipinski definition) is 2. The van der Waals surface area contributed by atoms with Crippen molar-refractivity contribution in [2.75, 3.05) is 19.6 Å². The number of primary amides is 1. The third-order valence-electron chi connectivity index (χ3n) is 4.05. The standard InChI is InChI=1S/C15H20N6O2/c16-14(22)9-20-7-5-11(6-8-20)17-15(23)10-21-13-4-2-1-3-12(13)18-19-21/h1-4,11H,5-10H2,(H2,16,22)(H,17,23). The molecule has 8 heteroatoms. The summed E-state index contributed by atoms with van der Waals surface area (Å²) >= 11 is 0. The van der Waals surface area contributed by atoms with E-state index in [9.17, 15) is 9.59 Å². The van der Waals surface area contributed by atoms with Crippen LogP contribution in [0.5, 0.6) is 0 Å². The zero-order valence-corrected chi connectivity index (χ0v) is 12.8. The molecule has 3 rings (SSSR count). The molecule has 8 nitrogen and oxygen atoms in total. The lowest BCUT2D eigenvalue weighted by Crippen LogP contribution is -2.47. The highest BCUT2D eigenvalue weighted by atomic mass is 16.2. The van der Waals surface area contributed by atoms with Gasteiger partial charge in [0.15, 0.2) is 0 Å². The molecule has 2 aromatic rings. The molecule has 0 bridgehead atoms. The summed E-state index contributed by atoms with van der Waals surface area (Å²) in [5.74, 6) is -0.389. The van der Waals surface area contributed by atoms with Crippen molar-refractivity contribution in [3.05, 3.63) is 24.3 Å². The third kappa shape index (κ3) is 3.84. The van der Waals surface area contributed by atoms with Gasteiger partial charge >= 0.3 is 0 Å². The van der Waals surface area contributed by atoms with Gasteiger partial charge in [-0.05, 0) is 25.0 Å². The van der Waals surface area contributed by atoms with E-state index in [-0.39, 0.29) is 30.9 Å². The van der Waals surface area contributed by atoms with E-state index in [0.29, 0.717) is 0 Å². The highest BCUT2D eigenvalue weighted by molar-refractivity contribution is 5.80. The number of benzene rings is 1. The van der Waals surface area contributed by atoms with Gasteiger partial charge in [0.2, 0.25) is 11.8 Å². The van der Waals surface area contributed by atoms with Crippen LogP contribution in [0, 0.1) is 0 Å². The van der Waals surface area contributed by atoms with E-state index in [2.05, 4.69) is 15.6 Å². The monoisotopic (exact) mass is 316 g/mol. The Bertz CT molecular complexity index is 705. The molecule has 0 saturated carbocycles. The van der Waals surface area contributed by atoms with Crippen molar-refractivity contribution in [2.24, 2.45) is 5.73 Å². The molecule has 0 spiro atoms. The second-order valence-electron chi connectivity index (χ2n) is 5.82. The predicted molar refractivity (Wildman–Crippen MR) is 84.3 cm³/mol. The summed E-state index contributed by atoms with van der Waals surface area (Å²) in [7, 11) is 0. The molecule has 1 fully saturated rings. The smallest absolute Gasteiger partial charge is 0.242 e. The Labute approximate surface area is 133 Å². The summed E-state index contributed by atoms with van der Waals surface area (Å²) in [4.78, 5) is 25.1. The molecule has 3 N–H and O–H groups in total. The summed E-state index contributed by atoms with van der Waals surface area (Å²) in [6.45, 7) is 1.97. The molecule has 2 heterocycles. The van der Waals surface area contributed by atoms with Crippen molar-refractivity contribution < 1.29 is 9.59 Å². The van der Waals surface area contributed by atoms with Gasteiger partial charge in [-0.25, -0.2) is 4.68 Å². The van der Waals surface area contributed by atoms with E-state index in [1.54, 1.807) is 4.68 Å². The van der Waals surface area contributed by atoms with Gasteiger partial charge in [-0.2, -0.15) is 0 Å². The van der Waals surface area contributed by atoms with Gasteiger partial charge in [0, 0.05) is 19.1 Å². The highest BCUT2D eigenvalue weighted by Gasteiger charge is 2.21. The number of amides is 2. The van der Waals surface area contributed by atoms with Crippen LogP contribution < -0.4 is 11.1 Å². The van der Waals surface area contributed by atoms with E-state index in [0.717, 1.165) is 37.0 Å². The van der Waals surface area contributed by atoms with Crippen molar-refractivity contribution in [3.8, 4) is 0 Å². The van der Waals surface area contributed by atoms with Gasteiger partial charge in [-0.15, -0.1) is 5.10 Å². The SMILES string of the molecule is NC(=O)CN1CCC(NC(=O)Cn2nnc3ccccc32)CC1. The molecule has 0 atom stereocenters. The first-order chi connectivity index (χ1) is 11.1. The molecule has 1 aromatic heterocycles. The van der Waals surface area contributed by atoms with Crippen LogP contribution in [0.4, 0.5) is 0 Å². The number of carbonyl (C=O) groups excluding carboxylic acids is 2. The molecule has 1 saturated heterocycles. The minimum atomic E-state index is -0.314. The van der Waals surface area contributed by atoms with Crippen LogP contribution in [0.1, 0.15) is 12.8 Å². The number of aromatic nitrogens is 3. The largest absolute Gasteiger partial charge is 0.369 e. The van der Waals surface area contributed by atoms with Crippen LogP contribution in [0.2, 0.25) is 0 Å². The Morgan fingerprint density at radius 2 is 1.96 bits per heavy atom. The van der Waals surface area contributed by atoms with E-state index < -0.39 is 0 Å². The molecule has 2 amide bonds. The van der Waals surface area contributed by atoms with Gasteiger partial charge < -0.3 is 11.1 Å². The van der Waals surface area contributed by atoms with Crippen LogP contribution in [0.25, 0.3) is 11.0 Å². The first kappa shape index (κ1) is 15.4. The van der Waals surface area contributed by atoms with Crippen LogP contribution in [-0.4, -0.2) is 57.4 Å². The minimum Gasteiger partial charge on any atom is -0.369 e. The van der Waals surface area contributed by atoms with Crippen LogP contribution >= 0.6 is 0 Å². The molecule has 1 aromatic carbocycles. The maximum atomic E-state index is 12.2. The molecular weight excluding hydrogens is 296 g/mol. The third-order valence-corrected chi connectivity index (χ3v) is 4.05. The van der Waals surface area contributed by atoms with Crippen molar-refractivity contribution in [2.45, 2.75) is 25.4 Å². The number of nitrogens with two attached hydrogens (primary N) is 1. The first-order valence-corrected chi connectivity index (χ1v) is 7.70. The average molecular weight is 316 g/mol. The summed E-state index contributed by atoms with van der Waals surface area (Å²) in [5, 5.41) is 11.1. The maximum Gasteiger partial charge on any atom is 0.242 e. The quantitative estimate of drug-likeness (QED) is 0.773. The Morgan fingerprint density at radius 1 is 1.22 bits per heavy atom. The number of nitrogens with one attached hydrogen (secondary N) is 1. The molecule has 0 unspecified atom stereocenters. The molecule has 23 heavy (non-hydrogen) atoms. The zero-order valence-electron chi connectivity index (χ0n) is 12.8. The van der Waals surface area contributed by atoms with E-state index in [1.807, 2.05) is 29.2 Å². The number of rotatable bonds is 5. The lowest BCUT2D eigenvalue weighted by molar-refractivity contribution is -0.123. The van der Waals surface area contributed by atoms with Gasteiger partial charge in [-0.1, -0.05) is 17.3 Å². The first-order valence-electron chi connectivity index (χ1n) is 7.70. The fourth-order valence-electron chi connectivity index (χ4n) is 2.90. The topological polar surface area (TPSA) is 106 Å². The van der Waals surface area contributed by atoms with E-state index >= 15 is 0 Å². The highest BCUT2D eigenvalue weighted by Crippen LogP contribution is 2.11. The maximum absolute atomic E-state index is 12.2. The summed E-state index contributed by atoms with van der Waals surface area (Å²) in [5.41, 5.74) is 6.82. The second kappa shape index (κ2) is 6.74. The average Bonchev–Trinajstić information content (AvgIpc) is 2.92. The fourth-order valence-corrected chi connectivity index (χ4v) is 2.90. The van der Waals surface area contributed by atoms with Gasteiger partial charge in [0.05, 0.1) is 12.1 Å². The number of fused-ring (bicyclic) bond motifs is 1. The van der Waals surface area contributed by atoms with Gasteiger partial charge in [0.1, 0.15) is 12.1 Å². The summed E-state index contributed by atoms with van der Waals surface area (Å²) in [6.07, 6.45) is 1.63. The second-order valence-corrected chi connectivity index (χ2v) is 5.82. The lowest BCUT2D eigenvalue weighted by Gasteiger charge is -2.31. The Hall–Kier alpha value is -2.48. The molecule has 0 aliphatic carbocycles. The zero-order chi connectivity index (χ0) is 16.2. The molecular formula is C15H20N6O2. The van der Waals surface area contributed by atoms with Crippen LogP contribution in [-0.2, 0) is 16.1 Å². The number of para-hydroxylation sites is 1. The van der Waals surface area contributed by atoms with Crippen molar-refractivity contribution in [1.82, 2.24) is 25.2 Å². The van der Waals surface area contributed by atoms with Crippen molar-refractivity contribution in [3.63, 3.8) is 0 Å².